The van der Waals surface area contributed by atoms with Gasteiger partial charge in [0.05, 0.1) is 19.6 Å². The van der Waals surface area contributed by atoms with Crippen molar-refractivity contribution in [1.29, 1.82) is 0 Å². The summed E-state index contributed by atoms with van der Waals surface area (Å²) in [4.78, 5) is 11.3. The predicted molar refractivity (Wildman–Crippen MR) is 74.0 cm³/mol. The molecular weight excluding hydrogens is 244 g/mol. The monoisotopic (exact) mass is 266 g/mol. The molecule has 1 aromatic carbocycles. The van der Waals surface area contributed by atoms with E-state index in [-0.39, 0.29) is 0 Å². The topological polar surface area (TPSA) is 55.8 Å². The van der Waals surface area contributed by atoms with Crippen molar-refractivity contribution in [1.82, 2.24) is 0 Å². The van der Waals surface area contributed by atoms with Gasteiger partial charge in [0.1, 0.15) is 0 Å². The lowest BCUT2D eigenvalue weighted by Gasteiger charge is -2.23. The van der Waals surface area contributed by atoms with E-state index in [4.69, 9.17) is 9.47 Å². The molecule has 0 amide bonds. The molecule has 4 heteroatoms. The second kappa shape index (κ2) is 5.95. The number of methoxy groups -OCH3 is 2. The lowest BCUT2D eigenvalue weighted by atomic mass is 9.83. The molecule has 0 fully saturated rings. The van der Waals surface area contributed by atoms with E-state index in [1.165, 1.54) is 0 Å². The summed E-state index contributed by atoms with van der Waals surface area (Å²) in [5, 5.41) is 9.28. The lowest BCUT2D eigenvalue weighted by molar-refractivity contribution is -0.146. The van der Waals surface area contributed by atoms with Crippen molar-refractivity contribution >= 4 is 5.97 Å². The van der Waals surface area contributed by atoms with E-state index >= 15 is 0 Å². The molecule has 0 aromatic heterocycles. The summed E-state index contributed by atoms with van der Waals surface area (Å²) in [6.07, 6.45) is 1.23. The van der Waals surface area contributed by atoms with Crippen LogP contribution in [0.25, 0.3) is 0 Å². The molecule has 0 heterocycles. The molecule has 0 unspecified atom stereocenters. The van der Waals surface area contributed by atoms with E-state index in [0.29, 0.717) is 17.9 Å². The minimum Gasteiger partial charge on any atom is -0.493 e. The van der Waals surface area contributed by atoms with Gasteiger partial charge in [-0.05, 0) is 38.3 Å². The summed E-state index contributed by atoms with van der Waals surface area (Å²) in [5.41, 5.74) is 1.16. The maximum Gasteiger partial charge on any atom is 0.309 e. The number of carboxylic acid groups (broad SMARTS) is 1. The highest BCUT2D eigenvalue weighted by atomic mass is 16.5. The summed E-state index contributed by atoms with van der Waals surface area (Å²) in [7, 11) is 3.16. The summed E-state index contributed by atoms with van der Waals surface area (Å²) >= 11 is 0. The molecular formula is C15H22O4. The molecule has 1 aromatic rings. The van der Waals surface area contributed by atoms with E-state index in [9.17, 15) is 9.90 Å². The average Bonchev–Trinajstić information content (AvgIpc) is 2.37. The van der Waals surface area contributed by atoms with Crippen LogP contribution in [-0.2, 0) is 17.6 Å². The largest absolute Gasteiger partial charge is 0.493 e. The SMILES string of the molecule is CCc1ccc(OC)c(OC)c1CC(C)(C)C(=O)O. The first kappa shape index (κ1) is 15.3. The fraction of sp³-hybridized carbons (Fsp3) is 0.533. The van der Waals surface area contributed by atoms with Crippen LogP contribution in [-0.4, -0.2) is 25.3 Å². The molecule has 0 aliphatic heterocycles. The van der Waals surface area contributed by atoms with E-state index in [1.807, 2.05) is 19.1 Å². The van der Waals surface area contributed by atoms with Crippen LogP contribution in [0.3, 0.4) is 0 Å². The van der Waals surface area contributed by atoms with Gasteiger partial charge < -0.3 is 14.6 Å². The third kappa shape index (κ3) is 3.19. The maximum atomic E-state index is 11.3. The van der Waals surface area contributed by atoms with Crippen molar-refractivity contribution in [2.24, 2.45) is 5.41 Å². The average molecular weight is 266 g/mol. The van der Waals surface area contributed by atoms with Gasteiger partial charge in [0.2, 0.25) is 0 Å². The number of ether oxygens (including phenoxy) is 2. The van der Waals surface area contributed by atoms with Gasteiger partial charge in [0.25, 0.3) is 0 Å². The molecule has 0 spiro atoms. The van der Waals surface area contributed by atoms with Gasteiger partial charge in [-0.3, -0.25) is 4.79 Å². The number of carboxylic acids is 1. The Hall–Kier alpha value is -1.71. The third-order valence-electron chi connectivity index (χ3n) is 3.32. The molecule has 0 bridgehead atoms. The van der Waals surface area contributed by atoms with Gasteiger partial charge in [0.15, 0.2) is 11.5 Å². The van der Waals surface area contributed by atoms with Gasteiger partial charge in [-0.15, -0.1) is 0 Å². The first-order valence-electron chi connectivity index (χ1n) is 6.33. The third-order valence-corrected chi connectivity index (χ3v) is 3.32. The van der Waals surface area contributed by atoms with Gasteiger partial charge >= 0.3 is 5.97 Å². The number of benzene rings is 1. The second-order valence-corrected chi connectivity index (χ2v) is 5.16. The number of aliphatic carboxylic acids is 1. The van der Waals surface area contributed by atoms with Crippen molar-refractivity contribution in [2.75, 3.05) is 14.2 Å². The second-order valence-electron chi connectivity index (χ2n) is 5.16. The first-order chi connectivity index (χ1) is 8.87. The fourth-order valence-corrected chi connectivity index (χ4v) is 2.07. The molecule has 0 saturated heterocycles. The Morgan fingerprint density at radius 2 is 1.89 bits per heavy atom. The molecule has 0 aliphatic carbocycles. The molecule has 1 N–H and O–H groups in total. The number of carbonyl (C=O) groups is 1. The van der Waals surface area contributed by atoms with E-state index in [1.54, 1.807) is 28.1 Å². The Labute approximate surface area is 114 Å². The molecule has 1 rings (SSSR count). The van der Waals surface area contributed by atoms with Crippen molar-refractivity contribution in [2.45, 2.75) is 33.6 Å². The van der Waals surface area contributed by atoms with Crippen molar-refractivity contribution < 1.29 is 19.4 Å². The lowest BCUT2D eigenvalue weighted by Crippen LogP contribution is -2.27. The van der Waals surface area contributed by atoms with E-state index < -0.39 is 11.4 Å². The van der Waals surface area contributed by atoms with E-state index in [2.05, 4.69) is 0 Å². The van der Waals surface area contributed by atoms with Gasteiger partial charge in [0, 0.05) is 5.56 Å². The zero-order valence-electron chi connectivity index (χ0n) is 12.2. The van der Waals surface area contributed by atoms with Crippen LogP contribution in [0.15, 0.2) is 12.1 Å². The minimum atomic E-state index is -0.844. The van der Waals surface area contributed by atoms with Crippen LogP contribution < -0.4 is 9.47 Å². The highest BCUT2D eigenvalue weighted by Crippen LogP contribution is 2.37. The molecule has 0 atom stereocenters. The zero-order valence-corrected chi connectivity index (χ0v) is 12.2. The molecule has 4 nitrogen and oxygen atoms in total. The Balaban J connectivity index is 3.34. The zero-order chi connectivity index (χ0) is 14.6. The van der Waals surface area contributed by atoms with Gasteiger partial charge in [-0.1, -0.05) is 13.0 Å². The number of hydrogen-bond acceptors (Lipinski definition) is 3. The molecule has 0 radical (unpaired) electrons. The van der Waals surface area contributed by atoms with Crippen LogP contribution in [0, 0.1) is 5.41 Å². The van der Waals surface area contributed by atoms with Crippen LogP contribution in [0.4, 0.5) is 0 Å². The Morgan fingerprint density at radius 1 is 1.26 bits per heavy atom. The van der Waals surface area contributed by atoms with Crippen molar-refractivity contribution in [3.63, 3.8) is 0 Å². The summed E-state index contributed by atoms with van der Waals surface area (Å²) < 4.78 is 10.7. The number of hydrogen-bond donors (Lipinski definition) is 1. The quantitative estimate of drug-likeness (QED) is 0.860. The smallest absolute Gasteiger partial charge is 0.309 e. The molecule has 0 aliphatic rings. The summed E-state index contributed by atoms with van der Waals surface area (Å²) in [5.74, 6) is 0.450. The Morgan fingerprint density at radius 3 is 2.32 bits per heavy atom. The van der Waals surface area contributed by atoms with Crippen LogP contribution in [0.2, 0.25) is 0 Å². The van der Waals surface area contributed by atoms with Crippen molar-refractivity contribution in [3.05, 3.63) is 23.3 Å². The van der Waals surface area contributed by atoms with Gasteiger partial charge in [-0.25, -0.2) is 0 Å². The Bertz CT molecular complexity index is 463. The summed E-state index contributed by atoms with van der Waals surface area (Å²) in [6.45, 7) is 5.47. The minimum absolute atomic E-state index is 0.409. The van der Waals surface area contributed by atoms with Crippen LogP contribution >= 0.6 is 0 Å². The van der Waals surface area contributed by atoms with Crippen LogP contribution in [0.1, 0.15) is 31.9 Å². The highest BCUT2D eigenvalue weighted by molar-refractivity contribution is 5.74. The van der Waals surface area contributed by atoms with Crippen LogP contribution in [0.5, 0.6) is 11.5 Å². The van der Waals surface area contributed by atoms with Gasteiger partial charge in [-0.2, -0.15) is 0 Å². The predicted octanol–water partition coefficient (Wildman–Crippen LogP) is 2.92. The molecule has 19 heavy (non-hydrogen) atoms. The van der Waals surface area contributed by atoms with E-state index in [0.717, 1.165) is 17.5 Å². The standard InChI is InChI=1S/C15H22O4/c1-6-10-7-8-12(18-4)13(19-5)11(10)9-15(2,3)14(16)17/h7-8H,6,9H2,1-5H3,(H,16,17). The molecule has 106 valence electrons. The number of rotatable bonds is 6. The normalized spacial score (nSPS) is 11.2. The van der Waals surface area contributed by atoms with Crippen molar-refractivity contribution in [3.8, 4) is 11.5 Å². The maximum absolute atomic E-state index is 11.3. The Kier molecular flexibility index (Phi) is 4.81. The molecule has 0 saturated carbocycles. The first-order valence-corrected chi connectivity index (χ1v) is 6.33. The fourth-order valence-electron chi connectivity index (χ4n) is 2.07. The summed E-state index contributed by atoms with van der Waals surface area (Å²) in [6, 6.07) is 3.82. The number of aryl methyl sites for hydroxylation is 1. The highest BCUT2D eigenvalue weighted by Gasteiger charge is 2.30.